The van der Waals surface area contributed by atoms with Crippen molar-refractivity contribution in [3.63, 3.8) is 0 Å². The summed E-state index contributed by atoms with van der Waals surface area (Å²) in [6.07, 6.45) is -0.0661. The maximum Gasteiger partial charge on any atom is 0.375 e. The van der Waals surface area contributed by atoms with Crippen molar-refractivity contribution < 1.29 is 23.5 Å². The van der Waals surface area contributed by atoms with Gasteiger partial charge in [0.2, 0.25) is 5.76 Å². The molecule has 6 heteroatoms. The van der Waals surface area contributed by atoms with Gasteiger partial charge >= 0.3 is 5.97 Å². The van der Waals surface area contributed by atoms with Crippen molar-refractivity contribution in [3.05, 3.63) is 47.7 Å². The van der Waals surface area contributed by atoms with Gasteiger partial charge in [-0.05, 0) is 26.2 Å². The maximum absolute atomic E-state index is 12.6. The fraction of sp³-hybridized carbons (Fsp3) is 0.364. The van der Waals surface area contributed by atoms with Gasteiger partial charge in [-0.1, -0.05) is 36.4 Å². The molecule has 2 aromatic carbocycles. The molecule has 1 aliphatic rings. The summed E-state index contributed by atoms with van der Waals surface area (Å²) in [4.78, 5) is 26.7. The lowest BCUT2D eigenvalue weighted by atomic mass is 10.1. The van der Waals surface area contributed by atoms with E-state index < -0.39 is 5.97 Å². The summed E-state index contributed by atoms with van der Waals surface area (Å²) in [6.45, 7) is 6.35. The van der Waals surface area contributed by atoms with E-state index in [0.29, 0.717) is 24.2 Å². The number of aryl methyl sites for hydroxylation is 1. The molecule has 0 radical (unpaired) electrons. The van der Waals surface area contributed by atoms with E-state index in [0.717, 1.165) is 16.2 Å². The minimum Gasteiger partial charge on any atom is -0.450 e. The topological polar surface area (TPSA) is 69.0 Å². The predicted molar refractivity (Wildman–Crippen MR) is 105 cm³/mol. The van der Waals surface area contributed by atoms with Crippen LogP contribution in [0.25, 0.3) is 21.7 Å². The highest BCUT2D eigenvalue weighted by Crippen LogP contribution is 2.32. The molecule has 6 nitrogen and oxygen atoms in total. The number of morpholine rings is 1. The van der Waals surface area contributed by atoms with Crippen LogP contribution in [0.2, 0.25) is 0 Å². The molecule has 4 rings (SSSR count). The Morgan fingerprint density at radius 3 is 2.54 bits per heavy atom. The van der Waals surface area contributed by atoms with Gasteiger partial charge in [-0.3, -0.25) is 4.79 Å². The fourth-order valence-corrected chi connectivity index (χ4v) is 3.81. The lowest BCUT2D eigenvalue weighted by molar-refractivity contribution is -0.146. The summed E-state index contributed by atoms with van der Waals surface area (Å²) in [5.41, 5.74) is 1.37. The highest BCUT2D eigenvalue weighted by Gasteiger charge is 2.27. The van der Waals surface area contributed by atoms with Crippen LogP contribution >= 0.6 is 0 Å². The van der Waals surface area contributed by atoms with Crippen molar-refractivity contribution in [2.45, 2.75) is 33.0 Å². The largest absolute Gasteiger partial charge is 0.450 e. The van der Waals surface area contributed by atoms with Crippen molar-refractivity contribution in [2.75, 3.05) is 19.7 Å². The van der Waals surface area contributed by atoms with Crippen LogP contribution in [0.1, 0.15) is 30.0 Å². The molecular formula is C22H23NO5. The zero-order valence-electron chi connectivity index (χ0n) is 16.2. The van der Waals surface area contributed by atoms with Crippen LogP contribution in [0.3, 0.4) is 0 Å². The van der Waals surface area contributed by atoms with Gasteiger partial charge in [-0.2, -0.15) is 0 Å². The Hall–Kier alpha value is -2.86. The Bertz CT molecular complexity index is 1040. The number of ether oxygens (including phenoxy) is 2. The van der Waals surface area contributed by atoms with Gasteiger partial charge in [0.05, 0.1) is 12.2 Å². The Morgan fingerprint density at radius 2 is 1.79 bits per heavy atom. The van der Waals surface area contributed by atoms with E-state index >= 15 is 0 Å². The monoisotopic (exact) mass is 381 g/mol. The van der Waals surface area contributed by atoms with Crippen molar-refractivity contribution in [1.82, 2.24) is 4.90 Å². The Morgan fingerprint density at radius 1 is 1.07 bits per heavy atom. The molecule has 0 unspecified atom stereocenters. The normalized spacial score (nSPS) is 19.9. The number of carbonyl (C=O) groups is 2. The smallest absolute Gasteiger partial charge is 0.375 e. The summed E-state index contributed by atoms with van der Waals surface area (Å²) >= 11 is 0. The van der Waals surface area contributed by atoms with Crippen molar-refractivity contribution >= 4 is 33.6 Å². The second-order valence-electron chi connectivity index (χ2n) is 7.35. The van der Waals surface area contributed by atoms with Gasteiger partial charge < -0.3 is 18.8 Å². The lowest BCUT2D eigenvalue weighted by Crippen LogP contribution is -2.49. The van der Waals surface area contributed by atoms with Gasteiger partial charge in [0.25, 0.3) is 5.91 Å². The van der Waals surface area contributed by atoms with Crippen LogP contribution in [0, 0.1) is 6.92 Å². The number of benzene rings is 2. The number of rotatable bonds is 3. The highest BCUT2D eigenvalue weighted by molar-refractivity contribution is 6.08. The van der Waals surface area contributed by atoms with Crippen molar-refractivity contribution in [3.8, 4) is 0 Å². The first-order valence-corrected chi connectivity index (χ1v) is 9.45. The summed E-state index contributed by atoms with van der Waals surface area (Å²) in [5.74, 6) is -0.710. The minimum absolute atomic E-state index is 0.0331. The first kappa shape index (κ1) is 18.5. The second-order valence-corrected chi connectivity index (χ2v) is 7.35. The standard InChI is InChI=1S/C22H23NO5/c1-13-10-23(11-14(2)27-13)19(24)12-26-22(25)20-15(3)17-9-8-16-6-4-5-7-18(16)21(17)28-20/h4-9,13-14H,10-12H2,1-3H3/t13-,14-/m0/s1. The van der Waals surface area contributed by atoms with Crippen LogP contribution in [0.15, 0.2) is 40.8 Å². The third-order valence-electron chi connectivity index (χ3n) is 5.11. The first-order valence-electron chi connectivity index (χ1n) is 9.45. The Kier molecular flexibility index (Phi) is 4.81. The zero-order valence-corrected chi connectivity index (χ0v) is 16.2. The Labute approximate surface area is 163 Å². The molecule has 0 spiro atoms. The summed E-state index contributed by atoms with van der Waals surface area (Å²) in [6, 6.07) is 11.8. The average molecular weight is 381 g/mol. The van der Waals surface area contributed by atoms with E-state index in [1.165, 1.54) is 0 Å². The van der Waals surface area contributed by atoms with Gasteiger partial charge in [-0.15, -0.1) is 0 Å². The second kappa shape index (κ2) is 7.28. The number of carbonyl (C=O) groups excluding carboxylic acids is 2. The van der Waals surface area contributed by atoms with Crippen LogP contribution in [-0.4, -0.2) is 48.7 Å². The number of furan rings is 1. The first-order chi connectivity index (χ1) is 13.4. The molecule has 0 N–H and O–H groups in total. The summed E-state index contributed by atoms with van der Waals surface area (Å²) in [7, 11) is 0. The highest BCUT2D eigenvalue weighted by atomic mass is 16.5. The Balaban J connectivity index is 1.52. The number of nitrogens with zero attached hydrogens (tertiary/aromatic N) is 1. The number of amides is 1. The van der Waals surface area contributed by atoms with Crippen molar-refractivity contribution in [2.24, 2.45) is 0 Å². The SMILES string of the molecule is Cc1c(C(=O)OCC(=O)N2C[C@H](C)O[C@@H](C)C2)oc2c1ccc1ccccc12. The number of fused-ring (bicyclic) bond motifs is 3. The molecule has 0 aliphatic carbocycles. The van der Waals surface area contributed by atoms with E-state index in [-0.39, 0.29) is 30.5 Å². The van der Waals surface area contributed by atoms with E-state index in [2.05, 4.69) is 0 Å². The van der Waals surface area contributed by atoms with Crippen LogP contribution < -0.4 is 0 Å². The molecule has 2 atom stereocenters. The molecule has 1 aromatic heterocycles. The number of hydrogen-bond donors (Lipinski definition) is 0. The molecule has 1 fully saturated rings. The van der Waals surface area contributed by atoms with E-state index in [1.807, 2.05) is 57.2 Å². The number of hydrogen-bond acceptors (Lipinski definition) is 5. The van der Waals surface area contributed by atoms with Crippen LogP contribution in [0.5, 0.6) is 0 Å². The minimum atomic E-state index is -0.625. The van der Waals surface area contributed by atoms with Gasteiger partial charge in [0, 0.05) is 29.4 Å². The van der Waals surface area contributed by atoms with Crippen molar-refractivity contribution in [1.29, 1.82) is 0 Å². The molecule has 28 heavy (non-hydrogen) atoms. The molecule has 1 amide bonds. The molecule has 2 heterocycles. The van der Waals surface area contributed by atoms with E-state index in [9.17, 15) is 9.59 Å². The summed E-state index contributed by atoms with van der Waals surface area (Å²) in [5, 5.41) is 2.84. The molecule has 3 aromatic rings. The lowest BCUT2D eigenvalue weighted by Gasteiger charge is -2.35. The van der Waals surface area contributed by atoms with E-state index in [1.54, 1.807) is 4.90 Å². The fourth-order valence-electron chi connectivity index (χ4n) is 3.81. The van der Waals surface area contributed by atoms with Gasteiger partial charge in [-0.25, -0.2) is 4.79 Å². The van der Waals surface area contributed by atoms with Gasteiger partial charge in [0.1, 0.15) is 5.58 Å². The third-order valence-corrected chi connectivity index (χ3v) is 5.11. The zero-order chi connectivity index (χ0) is 19.8. The maximum atomic E-state index is 12.6. The molecule has 0 bridgehead atoms. The summed E-state index contributed by atoms with van der Waals surface area (Å²) < 4.78 is 16.8. The average Bonchev–Trinajstić information content (AvgIpc) is 3.02. The van der Waals surface area contributed by atoms with E-state index in [4.69, 9.17) is 13.9 Å². The van der Waals surface area contributed by atoms with Gasteiger partial charge in [0.15, 0.2) is 6.61 Å². The molecule has 1 saturated heterocycles. The van der Waals surface area contributed by atoms with Crippen LogP contribution in [-0.2, 0) is 14.3 Å². The predicted octanol–water partition coefficient (Wildman–Crippen LogP) is 3.69. The molecule has 1 aliphatic heterocycles. The third kappa shape index (κ3) is 3.36. The molecule has 0 saturated carbocycles. The molecular weight excluding hydrogens is 358 g/mol. The molecule has 146 valence electrons. The quantitative estimate of drug-likeness (QED) is 0.647. The van der Waals surface area contributed by atoms with Crippen LogP contribution in [0.4, 0.5) is 0 Å². The number of esters is 1.